The van der Waals surface area contributed by atoms with Crippen LogP contribution in [-0.4, -0.2) is 40.1 Å². The van der Waals surface area contributed by atoms with Crippen LogP contribution in [0.25, 0.3) is 16.0 Å². The molecule has 8 nitrogen and oxygen atoms in total. The number of phenolic OH excluding ortho intramolecular Hbond substituents is 1. The monoisotopic (exact) mass is 548 g/mol. The van der Waals surface area contributed by atoms with Gasteiger partial charge in [0.15, 0.2) is 16.6 Å². The Kier molecular flexibility index (Phi) is 5.77. The van der Waals surface area contributed by atoms with Crippen molar-refractivity contribution >= 4 is 55.7 Å². The van der Waals surface area contributed by atoms with E-state index in [2.05, 4.69) is 4.98 Å². The number of aromatic nitrogens is 1. The second-order valence-electron chi connectivity index (χ2n) is 9.16. The van der Waals surface area contributed by atoms with Crippen LogP contribution in [-0.2, 0) is 16.0 Å². The first-order valence-corrected chi connectivity index (χ1v) is 13.0. The standard InChI is InChI=1S/C28H21ClN2O6S/c1-13-9-16-10-15(4-8-20(16)37-13)25(33)23-24(14-3-7-19(32)21(11-14)36-2)31(27(35)26(23)34)28-30-18-6-5-17(29)12-22(18)38-28/h3-8,10-13,24,32-33H,9H2,1-2H3/t13-,24-/m0/s1. The summed E-state index contributed by atoms with van der Waals surface area (Å²) < 4.78 is 11.8. The Balaban J connectivity index is 1.55. The summed E-state index contributed by atoms with van der Waals surface area (Å²) in [6.45, 7) is 1.95. The van der Waals surface area contributed by atoms with Gasteiger partial charge in [0, 0.05) is 17.0 Å². The highest BCUT2D eigenvalue weighted by molar-refractivity contribution is 7.22. The van der Waals surface area contributed by atoms with Gasteiger partial charge in [0.25, 0.3) is 5.78 Å². The normalized spacial score (nSPS) is 20.1. The minimum atomic E-state index is -1.02. The van der Waals surface area contributed by atoms with Gasteiger partial charge >= 0.3 is 5.91 Å². The molecule has 10 heteroatoms. The van der Waals surface area contributed by atoms with Crippen molar-refractivity contribution < 1.29 is 29.3 Å². The van der Waals surface area contributed by atoms with Crippen molar-refractivity contribution in [1.82, 2.24) is 4.98 Å². The number of aromatic hydroxyl groups is 1. The van der Waals surface area contributed by atoms with Crippen LogP contribution in [0.4, 0.5) is 5.13 Å². The zero-order chi connectivity index (χ0) is 26.7. The molecule has 1 saturated heterocycles. The van der Waals surface area contributed by atoms with Gasteiger partial charge in [0.2, 0.25) is 0 Å². The zero-order valence-corrected chi connectivity index (χ0v) is 21.8. The summed E-state index contributed by atoms with van der Waals surface area (Å²) in [7, 11) is 1.40. The first kappa shape index (κ1) is 24.3. The lowest BCUT2D eigenvalue weighted by Crippen LogP contribution is -2.29. The van der Waals surface area contributed by atoms with E-state index in [1.54, 1.807) is 42.5 Å². The number of carbonyl (C=O) groups excluding carboxylic acids is 2. The highest BCUT2D eigenvalue weighted by Crippen LogP contribution is 2.46. The van der Waals surface area contributed by atoms with Crippen LogP contribution >= 0.6 is 22.9 Å². The van der Waals surface area contributed by atoms with Crippen molar-refractivity contribution in [3.8, 4) is 17.2 Å². The average molecular weight is 549 g/mol. The highest BCUT2D eigenvalue weighted by atomic mass is 35.5. The molecule has 1 fully saturated rings. The summed E-state index contributed by atoms with van der Waals surface area (Å²) in [6, 6.07) is 13.9. The van der Waals surface area contributed by atoms with Crippen LogP contribution in [0.2, 0.25) is 5.02 Å². The van der Waals surface area contributed by atoms with Crippen molar-refractivity contribution in [2.45, 2.75) is 25.5 Å². The van der Waals surface area contributed by atoms with E-state index in [-0.39, 0.29) is 34.1 Å². The highest BCUT2D eigenvalue weighted by Gasteiger charge is 2.48. The number of rotatable bonds is 4. The first-order chi connectivity index (χ1) is 18.2. The Morgan fingerprint density at radius 3 is 2.76 bits per heavy atom. The molecule has 0 radical (unpaired) electrons. The van der Waals surface area contributed by atoms with Crippen molar-refractivity contribution in [3.05, 3.63) is 81.9 Å². The van der Waals surface area contributed by atoms with Crippen molar-refractivity contribution in [2.24, 2.45) is 0 Å². The first-order valence-electron chi connectivity index (χ1n) is 11.8. The van der Waals surface area contributed by atoms with Gasteiger partial charge in [-0.3, -0.25) is 14.5 Å². The molecule has 3 heterocycles. The smallest absolute Gasteiger partial charge is 0.301 e. The second-order valence-corrected chi connectivity index (χ2v) is 10.6. The number of ketones is 1. The van der Waals surface area contributed by atoms with E-state index < -0.39 is 17.7 Å². The Morgan fingerprint density at radius 2 is 1.97 bits per heavy atom. The Labute approximate surface area is 226 Å². The van der Waals surface area contributed by atoms with Gasteiger partial charge < -0.3 is 19.7 Å². The molecule has 2 aliphatic rings. The maximum absolute atomic E-state index is 13.5. The SMILES string of the molecule is COc1cc([C@H]2C(=C(O)c3ccc4c(c3)C[C@H](C)O4)C(=O)C(=O)N2c2nc3ccc(Cl)cc3s2)ccc1O. The van der Waals surface area contributed by atoms with Crippen LogP contribution in [0.1, 0.15) is 29.7 Å². The molecule has 1 aromatic heterocycles. The van der Waals surface area contributed by atoms with E-state index in [0.717, 1.165) is 16.0 Å². The largest absolute Gasteiger partial charge is 0.507 e. The number of methoxy groups -OCH3 is 1. The predicted molar refractivity (Wildman–Crippen MR) is 144 cm³/mol. The molecule has 2 N–H and O–H groups in total. The third kappa shape index (κ3) is 3.86. The number of benzene rings is 3. The van der Waals surface area contributed by atoms with Crippen LogP contribution in [0.3, 0.4) is 0 Å². The third-order valence-electron chi connectivity index (χ3n) is 6.68. The summed E-state index contributed by atoms with van der Waals surface area (Å²) >= 11 is 7.36. The van der Waals surface area contributed by atoms with Gasteiger partial charge in [-0.15, -0.1) is 0 Å². The topological polar surface area (TPSA) is 109 Å². The number of phenols is 1. The van der Waals surface area contributed by atoms with Gasteiger partial charge in [-0.25, -0.2) is 4.98 Å². The summed E-state index contributed by atoms with van der Waals surface area (Å²) in [6.07, 6.45) is 0.669. The number of aliphatic hydroxyl groups excluding tert-OH is 1. The molecule has 0 spiro atoms. The van der Waals surface area contributed by atoms with Crippen LogP contribution in [0.15, 0.2) is 60.2 Å². The fourth-order valence-corrected chi connectivity index (χ4v) is 6.19. The number of amides is 1. The number of ether oxygens (including phenoxy) is 2. The number of carbonyl (C=O) groups is 2. The molecule has 2 atom stereocenters. The van der Waals surface area contributed by atoms with E-state index in [0.29, 0.717) is 28.1 Å². The minimum Gasteiger partial charge on any atom is -0.507 e. The number of aliphatic hydroxyl groups is 1. The number of nitrogens with zero attached hydrogens (tertiary/aromatic N) is 2. The van der Waals surface area contributed by atoms with E-state index >= 15 is 0 Å². The molecule has 3 aromatic carbocycles. The van der Waals surface area contributed by atoms with E-state index in [1.807, 2.05) is 6.92 Å². The minimum absolute atomic E-state index is 0.00461. The van der Waals surface area contributed by atoms with E-state index in [4.69, 9.17) is 21.1 Å². The molecule has 6 rings (SSSR count). The maximum Gasteiger partial charge on any atom is 0.301 e. The van der Waals surface area contributed by atoms with Crippen LogP contribution in [0.5, 0.6) is 17.2 Å². The van der Waals surface area contributed by atoms with Crippen molar-refractivity contribution in [1.29, 1.82) is 0 Å². The van der Waals surface area contributed by atoms with E-state index in [1.165, 1.54) is 35.5 Å². The van der Waals surface area contributed by atoms with Crippen molar-refractivity contribution in [2.75, 3.05) is 12.0 Å². The average Bonchev–Trinajstić information content (AvgIpc) is 3.56. The summed E-state index contributed by atoms with van der Waals surface area (Å²) in [5.41, 5.74) is 2.28. The van der Waals surface area contributed by atoms with Crippen molar-refractivity contribution in [3.63, 3.8) is 0 Å². The zero-order valence-electron chi connectivity index (χ0n) is 20.3. The maximum atomic E-state index is 13.5. The third-order valence-corrected chi connectivity index (χ3v) is 7.93. The summed E-state index contributed by atoms with van der Waals surface area (Å²) in [4.78, 5) is 32.9. The van der Waals surface area contributed by atoms with Gasteiger partial charge in [0.05, 0.1) is 28.9 Å². The molecule has 192 valence electrons. The molecule has 0 aliphatic carbocycles. The molecular formula is C28H21ClN2O6S. The number of thiazole rings is 1. The fraction of sp³-hybridized carbons (Fsp3) is 0.179. The van der Waals surface area contributed by atoms with Crippen LogP contribution in [0, 0.1) is 0 Å². The van der Waals surface area contributed by atoms with Gasteiger partial charge in [-0.2, -0.15) is 0 Å². The number of hydrogen-bond acceptors (Lipinski definition) is 8. The Bertz CT molecular complexity index is 1680. The quantitative estimate of drug-likeness (QED) is 0.194. The van der Waals surface area contributed by atoms with Gasteiger partial charge in [0.1, 0.15) is 17.6 Å². The molecule has 2 aliphatic heterocycles. The molecule has 4 aromatic rings. The Hall–Kier alpha value is -4.08. The van der Waals surface area contributed by atoms with E-state index in [9.17, 15) is 19.8 Å². The Morgan fingerprint density at radius 1 is 1.16 bits per heavy atom. The summed E-state index contributed by atoms with van der Waals surface area (Å²) in [5, 5.41) is 22.5. The number of fused-ring (bicyclic) bond motifs is 2. The molecule has 0 unspecified atom stereocenters. The van der Waals surface area contributed by atoms with Crippen LogP contribution < -0.4 is 14.4 Å². The lowest BCUT2D eigenvalue weighted by molar-refractivity contribution is -0.132. The number of Topliss-reactive ketones (excluding diaryl/α,β-unsaturated/α-hetero) is 1. The molecule has 1 amide bonds. The van der Waals surface area contributed by atoms with Gasteiger partial charge in [-0.05, 0) is 66.6 Å². The second kappa shape index (κ2) is 9.04. The number of halogens is 1. The number of anilines is 1. The summed E-state index contributed by atoms with van der Waals surface area (Å²) in [5.74, 6) is -1.20. The lowest BCUT2D eigenvalue weighted by atomic mass is 9.94. The fourth-order valence-electron chi connectivity index (χ4n) is 4.92. The molecule has 38 heavy (non-hydrogen) atoms. The molecule has 0 bridgehead atoms. The lowest BCUT2D eigenvalue weighted by Gasteiger charge is -2.23. The molecular weight excluding hydrogens is 528 g/mol. The predicted octanol–water partition coefficient (Wildman–Crippen LogP) is 5.61. The molecule has 0 saturated carbocycles. The number of hydrogen-bond donors (Lipinski definition) is 2. The van der Waals surface area contributed by atoms with Gasteiger partial charge in [-0.1, -0.05) is 29.0 Å².